The van der Waals surface area contributed by atoms with Crippen LogP contribution >= 0.6 is 0 Å². The van der Waals surface area contributed by atoms with Crippen LogP contribution in [0.1, 0.15) is 32.1 Å². The van der Waals surface area contributed by atoms with Crippen LogP contribution in [0.15, 0.2) is 40.9 Å². The van der Waals surface area contributed by atoms with Gasteiger partial charge in [0.25, 0.3) is 0 Å². The molecule has 182 valence electrons. The van der Waals surface area contributed by atoms with Gasteiger partial charge in [-0.3, -0.25) is 4.79 Å². The van der Waals surface area contributed by atoms with Gasteiger partial charge in [0.05, 0.1) is 5.56 Å². The van der Waals surface area contributed by atoms with Gasteiger partial charge in [0, 0.05) is 62.6 Å². The van der Waals surface area contributed by atoms with Crippen molar-refractivity contribution in [2.75, 3.05) is 43.0 Å². The van der Waals surface area contributed by atoms with Gasteiger partial charge in [-0.1, -0.05) is 11.5 Å². The molecule has 2 radical (unpaired) electrons. The van der Waals surface area contributed by atoms with Crippen molar-refractivity contribution in [1.82, 2.24) is 20.1 Å². The number of benzene rings is 1. The van der Waals surface area contributed by atoms with Crippen molar-refractivity contribution in [2.24, 2.45) is 11.3 Å². The number of aromatic nitrogens is 3. The van der Waals surface area contributed by atoms with E-state index in [1.807, 2.05) is 42.3 Å². The van der Waals surface area contributed by atoms with Crippen molar-refractivity contribution in [3.05, 3.63) is 36.5 Å². The van der Waals surface area contributed by atoms with Crippen molar-refractivity contribution in [3.8, 4) is 22.9 Å². The molecule has 2 aromatic heterocycles. The highest BCUT2D eigenvalue weighted by Gasteiger charge is 2.59. The van der Waals surface area contributed by atoms with Crippen LogP contribution in [0.2, 0.25) is 0 Å². The lowest BCUT2D eigenvalue weighted by Crippen LogP contribution is -2.50. The molecule has 1 amide bonds. The number of carbonyl (C=O) groups excluding carboxylic acids is 1. The first kappa shape index (κ1) is 21.9. The van der Waals surface area contributed by atoms with Gasteiger partial charge in [-0.05, 0) is 61.8 Å². The summed E-state index contributed by atoms with van der Waals surface area (Å²) in [4.78, 5) is 24.9. The SMILES string of the molecule is [B]c1ccc2c(c1)N1CCC3(CC1)CC3C(=O)N(C)C1CCCN(C1)c1cc(ccn1)-c1nnc-2o1. The van der Waals surface area contributed by atoms with Gasteiger partial charge in [0.2, 0.25) is 17.7 Å². The highest BCUT2D eigenvalue weighted by molar-refractivity contribution is 6.32. The molecule has 9 heteroatoms. The Kier molecular flexibility index (Phi) is 4.91. The molecule has 8 rings (SSSR count). The molecule has 3 fully saturated rings. The number of likely N-dealkylation sites (N-methyl/N-ethyl adjacent to an activating group) is 1. The summed E-state index contributed by atoms with van der Waals surface area (Å²) in [5.41, 5.74) is 3.57. The first-order valence-electron chi connectivity index (χ1n) is 13.0. The lowest BCUT2D eigenvalue weighted by atomic mass is 9.88. The van der Waals surface area contributed by atoms with Crippen LogP contribution in [-0.4, -0.2) is 73.1 Å². The monoisotopic (exact) mass is 480 g/mol. The molecular formula is C27H29BN6O2. The average Bonchev–Trinajstić information content (AvgIpc) is 3.37. The number of piperidine rings is 2. The van der Waals surface area contributed by atoms with Gasteiger partial charge >= 0.3 is 0 Å². The Morgan fingerprint density at radius 3 is 2.75 bits per heavy atom. The van der Waals surface area contributed by atoms with E-state index in [0.29, 0.717) is 23.2 Å². The first-order chi connectivity index (χ1) is 17.5. The molecule has 6 heterocycles. The number of pyridine rings is 1. The fraction of sp³-hybridized carbons (Fsp3) is 0.481. The number of hydrogen-bond acceptors (Lipinski definition) is 7. The molecule has 8 bridgehead atoms. The molecule has 2 unspecified atom stereocenters. The highest BCUT2D eigenvalue weighted by Crippen LogP contribution is 2.60. The van der Waals surface area contributed by atoms with E-state index in [0.717, 1.165) is 80.9 Å². The molecule has 4 aliphatic heterocycles. The predicted molar refractivity (Wildman–Crippen MR) is 138 cm³/mol. The van der Waals surface area contributed by atoms with E-state index in [9.17, 15) is 4.79 Å². The van der Waals surface area contributed by atoms with Crippen LogP contribution in [0.5, 0.6) is 0 Å². The summed E-state index contributed by atoms with van der Waals surface area (Å²) in [6.45, 7) is 3.48. The minimum atomic E-state index is 0.135. The van der Waals surface area contributed by atoms with Crippen LogP contribution in [0.3, 0.4) is 0 Å². The summed E-state index contributed by atoms with van der Waals surface area (Å²) in [5, 5.41) is 8.80. The number of amides is 1. The summed E-state index contributed by atoms with van der Waals surface area (Å²) < 4.78 is 6.21. The zero-order valence-corrected chi connectivity index (χ0v) is 20.6. The quantitative estimate of drug-likeness (QED) is 0.458. The first-order valence-corrected chi connectivity index (χ1v) is 13.0. The lowest BCUT2D eigenvalue weighted by molar-refractivity contribution is -0.134. The maximum absolute atomic E-state index is 13.6. The molecule has 1 spiro atoms. The lowest BCUT2D eigenvalue weighted by Gasteiger charge is -2.39. The molecule has 1 saturated carbocycles. The molecule has 1 aromatic carbocycles. The summed E-state index contributed by atoms with van der Waals surface area (Å²) in [5.74, 6) is 2.29. The number of hydrogen-bond donors (Lipinski definition) is 0. The zero-order chi connectivity index (χ0) is 24.4. The van der Waals surface area contributed by atoms with Crippen LogP contribution < -0.4 is 15.3 Å². The third-order valence-corrected chi connectivity index (χ3v) is 8.87. The van der Waals surface area contributed by atoms with Crippen molar-refractivity contribution in [1.29, 1.82) is 0 Å². The van der Waals surface area contributed by atoms with E-state index in [2.05, 4.69) is 25.0 Å². The Labute approximate surface area is 212 Å². The van der Waals surface area contributed by atoms with E-state index in [1.165, 1.54) is 0 Å². The summed E-state index contributed by atoms with van der Waals surface area (Å²) >= 11 is 0. The standard InChI is InChI=1S/C27H29BN6O2/c1-32-19-3-2-10-34(16-19)23-13-17(6-9-29-23)24-30-31-25(36-24)20-5-4-18(28)14-22(20)33-11-7-27(8-12-33)15-21(27)26(32)35/h4-6,9,13-14,19,21H,2-3,7-8,10-12,15-16H2,1H3. The van der Waals surface area contributed by atoms with Crippen molar-refractivity contribution in [3.63, 3.8) is 0 Å². The van der Waals surface area contributed by atoms with Crippen LogP contribution in [-0.2, 0) is 4.79 Å². The van der Waals surface area contributed by atoms with E-state index in [4.69, 9.17) is 12.3 Å². The van der Waals surface area contributed by atoms with Crippen molar-refractivity contribution in [2.45, 2.75) is 38.1 Å². The second-order valence-corrected chi connectivity index (χ2v) is 10.9. The molecule has 3 aromatic rings. The van der Waals surface area contributed by atoms with Gasteiger partial charge in [-0.15, -0.1) is 10.2 Å². The Hall–Kier alpha value is -3.36. The fourth-order valence-corrected chi connectivity index (χ4v) is 6.51. The summed E-state index contributed by atoms with van der Waals surface area (Å²) in [6, 6.07) is 9.95. The largest absolute Gasteiger partial charge is 0.416 e. The molecule has 36 heavy (non-hydrogen) atoms. The molecule has 8 nitrogen and oxygen atoms in total. The number of carbonyl (C=O) groups is 1. The maximum Gasteiger partial charge on any atom is 0.250 e. The van der Waals surface area contributed by atoms with E-state index in [-0.39, 0.29) is 17.4 Å². The molecule has 2 atom stereocenters. The minimum absolute atomic E-state index is 0.135. The van der Waals surface area contributed by atoms with Crippen LogP contribution in [0.25, 0.3) is 22.9 Å². The third-order valence-electron chi connectivity index (χ3n) is 8.87. The number of fused-ring (bicyclic) bond motifs is 3. The highest BCUT2D eigenvalue weighted by atomic mass is 16.4. The topological polar surface area (TPSA) is 78.6 Å². The Balaban J connectivity index is 1.32. The van der Waals surface area contributed by atoms with Crippen LogP contribution in [0.4, 0.5) is 11.5 Å². The Morgan fingerprint density at radius 2 is 1.89 bits per heavy atom. The van der Waals surface area contributed by atoms with Gasteiger partial charge in [0.15, 0.2) is 0 Å². The second-order valence-electron chi connectivity index (χ2n) is 10.9. The number of rotatable bonds is 0. The summed E-state index contributed by atoms with van der Waals surface area (Å²) in [7, 11) is 8.20. The summed E-state index contributed by atoms with van der Waals surface area (Å²) in [6.07, 6.45) is 6.86. The third kappa shape index (κ3) is 3.51. The minimum Gasteiger partial charge on any atom is -0.416 e. The Morgan fingerprint density at radius 1 is 1.06 bits per heavy atom. The number of anilines is 2. The number of nitrogens with zero attached hydrogens (tertiary/aromatic N) is 6. The van der Waals surface area contributed by atoms with Gasteiger partial charge in [-0.2, -0.15) is 0 Å². The van der Waals surface area contributed by atoms with Crippen molar-refractivity contribution >= 4 is 30.7 Å². The maximum atomic E-state index is 13.6. The van der Waals surface area contributed by atoms with Gasteiger partial charge < -0.3 is 19.1 Å². The molecule has 2 saturated heterocycles. The van der Waals surface area contributed by atoms with E-state index < -0.39 is 0 Å². The van der Waals surface area contributed by atoms with E-state index in [1.54, 1.807) is 6.20 Å². The normalized spacial score (nSPS) is 27.2. The average molecular weight is 480 g/mol. The molecule has 1 aliphatic carbocycles. The molecule has 5 aliphatic rings. The van der Waals surface area contributed by atoms with Crippen molar-refractivity contribution < 1.29 is 9.21 Å². The molecular weight excluding hydrogens is 451 g/mol. The van der Waals surface area contributed by atoms with E-state index >= 15 is 0 Å². The second kappa shape index (κ2) is 8.08. The Bertz CT molecular complexity index is 1330. The van der Waals surface area contributed by atoms with Crippen LogP contribution in [0, 0.1) is 11.3 Å². The van der Waals surface area contributed by atoms with Gasteiger partial charge in [-0.25, -0.2) is 4.98 Å². The predicted octanol–water partition coefficient (Wildman–Crippen LogP) is 2.64. The zero-order valence-electron chi connectivity index (χ0n) is 20.6. The fourth-order valence-electron chi connectivity index (χ4n) is 6.51. The molecule has 0 N–H and O–H groups in total. The smallest absolute Gasteiger partial charge is 0.250 e. The van der Waals surface area contributed by atoms with Gasteiger partial charge in [0.1, 0.15) is 13.7 Å².